The zero-order chi connectivity index (χ0) is 26.0. The molecule has 0 aliphatic heterocycles. The summed E-state index contributed by atoms with van der Waals surface area (Å²) in [6.45, 7) is 0. The third-order valence-electron chi connectivity index (χ3n) is 6.86. The number of hydrogen-bond acceptors (Lipinski definition) is 4. The Bertz CT molecular complexity index is 1890. The topological polar surface area (TPSA) is 38.7 Å². The van der Waals surface area contributed by atoms with Gasteiger partial charge in [-0.1, -0.05) is 103 Å². The van der Waals surface area contributed by atoms with E-state index < -0.39 is 0 Å². The van der Waals surface area contributed by atoms with Crippen molar-refractivity contribution in [3.63, 3.8) is 0 Å². The van der Waals surface area contributed by atoms with E-state index >= 15 is 0 Å². The molecule has 184 valence electrons. The van der Waals surface area contributed by atoms with Crippen molar-refractivity contribution in [2.45, 2.75) is 0 Å². The van der Waals surface area contributed by atoms with Gasteiger partial charge in [-0.2, -0.15) is 0 Å². The molecule has 7 rings (SSSR count). The second-order valence-electron chi connectivity index (χ2n) is 9.34. The molecule has 7 aromatic rings. The number of pyridine rings is 1. The fourth-order valence-corrected chi connectivity index (χ4v) is 5.56. The number of fused-ring (bicyclic) bond motifs is 1. The molecule has 0 saturated carbocycles. The van der Waals surface area contributed by atoms with Crippen LogP contribution in [0.5, 0.6) is 0 Å². The standard InChI is InChI=1S/C35H23N3S/c1-2-8-24(9-3-1)25-16-18-26(19-17-25)31-23-32(38-35(37-31)33-15-7-21-39-33)29-12-4-11-28(22-29)30-14-5-10-27-13-6-20-36-34(27)30/h1-23H. The Morgan fingerprint density at radius 1 is 0.487 bits per heavy atom. The summed E-state index contributed by atoms with van der Waals surface area (Å²) >= 11 is 1.65. The van der Waals surface area contributed by atoms with E-state index in [0.29, 0.717) is 0 Å². The third kappa shape index (κ3) is 4.63. The monoisotopic (exact) mass is 517 g/mol. The second kappa shape index (κ2) is 10.1. The number of hydrogen-bond donors (Lipinski definition) is 0. The number of nitrogens with zero attached hydrogens (tertiary/aromatic N) is 3. The zero-order valence-electron chi connectivity index (χ0n) is 21.0. The van der Waals surface area contributed by atoms with Crippen molar-refractivity contribution in [1.29, 1.82) is 0 Å². The van der Waals surface area contributed by atoms with E-state index in [1.54, 1.807) is 11.3 Å². The first kappa shape index (κ1) is 23.2. The summed E-state index contributed by atoms with van der Waals surface area (Å²) in [5.74, 6) is 0.738. The van der Waals surface area contributed by atoms with E-state index in [2.05, 4.69) is 120 Å². The molecule has 39 heavy (non-hydrogen) atoms. The molecule has 0 atom stereocenters. The first-order valence-corrected chi connectivity index (χ1v) is 13.7. The van der Waals surface area contributed by atoms with Gasteiger partial charge >= 0.3 is 0 Å². The van der Waals surface area contributed by atoms with Gasteiger partial charge < -0.3 is 0 Å². The molecule has 4 aromatic carbocycles. The molecular weight excluding hydrogens is 494 g/mol. The minimum atomic E-state index is 0.738. The normalized spacial score (nSPS) is 11.1. The number of rotatable bonds is 5. The average molecular weight is 518 g/mol. The molecule has 0 bridgehead atoms. The predicted molar refractivity (Wildman–Crippen MR) is 162 cm³/mol. The molecule has 4 heteroatoms. The van der Waals surface area contributed by atoms with Crippen molar-refractivity contribution in [3.05, 3.63) is 139 Å². The first-order valence-electron chi connectivity index (χ1n) is 12.9. The summed E-state index contributed by atoms with van der Waals surface area (Å²) in [5, 5.41) is 3.19. The summed E-state index contributed by atoms with van der Waals surface area (Å²) < 4.78 is 0. The lowest BCUT2D eigenvalue weighted by atomic mass is 9.98. The third-order valence-corrected chi connectivity index (χ3v) is 7.72. The van der Waals surface area contributed by atoms with Gasteiger partial charge in [-0.15, -0.1) is 11.3 Å². The smallest absolute Gasteiger partial charge is 0.170 e. The van der Waals surface area contributed by atoms with Crippen molar-refractivity contribution in [2.75, 3.05) is 0 Å². The highest BCUT2D eigenvalue weighted by atomic mass is 32.1. The summed E-state index contributed by atoms with van der Waals surface area (Å²) in [6.07, 6.45) is 1.85. The van der Waals surface area contributed by atoms with Gasteiger partial charge in [-0.3, -0.25) is 4.98 Å². The highest BCUT2D eigenvalue weighted by Gasteiger charge is 2.13. The SMILES string of the molecule is c1ccc(-c2ccc(-c3cc(-c4cccc(-c5cccc6cccnc56)c4)nc(-c4cccs4)n3)cc2)cc1. The molecule has 0 radical (unpaired) electrons. The molecule has 3 aromatic heterocycles. The highest BCUT2D eigenvalue weighted by Crippen LogP contribution is 2.33. The second-order valence-corrected chi connectivity index (χ2v) is 10.3. The molecule has 0 fully saturated rings. The minimum Gasteiger partial charge on any atom is -0.256 e. The van der Waals surface area contributed by atoms with Crippen LogP contribution in [-0.2, 0) is 0 Å². The molecule has 0 aliphatic carbocycles. The van der Waals surface area contributed by atoms with E-state index in [9.17, 15) is 0 Å². The van der Waals surface area contributed by atoms with E-state index in [1.165, 1.54) is 11.1 Å². The number of thiophene rings is 1. The number of aromatic nitrogens is 3. The van der Waals surface area contributed by atoms with Gasteiger partial charge in [0.05, 0.1) is 21.8 Å². The van der Waals surface area contributed by atoms with Gasteiger partial charge in [-0.05, 0) is 46.3 Å². The molecule has 0 N–H and O–H groups in total. The predicted octanol–water partition coefficient (Wildman–Crippen LogP) is 9.42. The highest BCUT2D eigenvalue weighted by molar-refractivity contribution is 7.13. The van der Waals surface area contributed by atoms with Gasteiger partial charge in [0.1, 0.15) is 0 Å². The van der Waals surface area contributed by atoms with Crippen LogP contribution in [0.2, 0.25) is 0 Å². The van der Waals surface area contributed by atoms with Crippen LogP contribution in [0.1, 0.15) is 0 Å². The summed E-state index contributed by atoms with van der Waals surface area (Å²) in [6, 6.07) is 44.2. The number of para-hydroxylation sites is 1. The van der Waals surface area contributed by atoms with Crippen LogP contribution in [-0.4, -0.2) is 15.0 Å². The Hall–Kier alpha value is -4.93. The van der Waals surface area contributed by atoms with Gasteiger partial charge in [0.25, 0.3) is 0 Å². The van der Waals surface area contributed by atoms with E-state index in [-0.39, 0.29) is 0 Å². The van der Waals surface area contributed by atoms with Crippen molar-refractivity contribution < 1.29 is 0 Å². The molecule has 0 amide bonds. The van der Waals surface area contributed by atoms with E-state index in [1.807, 2.05) is 24.4 Å². The van der Waals surface area contributed by atoms with Crippen molar-refractivity contribution >= 4 is 22.2 Å². The van der Waals surface area contributed by atoms with Crippen molar-refractivity contribution in [1.82, 2.24) is 15.0 Å². The van der Waals surface area contributed by atoms with E-state index in [0.717, 1.165) is 55.2 Å². The molecule has 0 saturated heterocycles. The maximum absolute atomic E-state index is 5.02. The van der Waals surface area contributed by atoms with Gasteiger partial charge in [0, 0.05) is 28.3 Å². The molecule has 0 unspecified atom stereocenters. The van der Waals surface area contributed by atoms with E-state index in [4.69, 9.17) is 9.97 Å². The Morgan fingerprint density at radius 3 is 2.00 bits per heavy atom. The van der Waals surface area contributed by atoms with Crippen LogP contribution in [0.25, 0.3) is 66.4 Å². The van der Waals surface area contributed by atoms with Crippen LogP contribution in [0, 0.1) is 0 Å². The van der Waals surface area contributed by atoms with Crippen molar-refractivity contribution in [2.24, 2.45) is 0 Å². The Kier molecular flexibility index (Phi) is 6.00. The quantitative estimate of drug-likeness (QED) is 0.228. The number of benzene rings is 4. The lowest BCUT2D eigenvalue weighted by molar-refractivity contribution is 1.19. The van der Waals surface area contributed by atoms with Crippen LogP contribution in [0.3, 0.4) is 0 Å². The first-order chi connectivity index (χ1) is 19.3. The summed E-state index contributed by atoms with van der Waals surface area (Å²) in [5.41, 5.74) is 9.51. The molecule has 3 nitrogen and oxygen atoms in total. The van der Waals surface area contributed by atoms with Crippen LogP contribution < -0.4 is 0 Å². The Labute approximate surface area is 231 Å². The van der Waals surface area contributed by atoms with Gasteiger partial charge in [-0.25, -0.2) is 9.97 Å². The fraction of sp³-hybridized carbons (Fsp3) is 0. The fourth-order valence-electron chi connectivity index (χ4n) is 4.91. The maximum Gasteiger partial charge on any atom is 0.170 e. The van der Waals surface area contributed by atoms with Crippen LogP contribution in [0.4, 0.5) is 0 Å². The summed E-state index contributed by atoms with van der Waals surface area (Å²) in [7, 11) is 0. The van der Waals surface area contributed by atoms with Crippen molar-refractivity contribution in [3.8, 4) is 55.5 Å². The van der Waals surface area contributed by atoms with Gasteiger partial charge in [0.15, 0.2) is 5.82 Å². The Balaban J connectivity index is 1.33. The average Bonchev–Trinajstić information content (AvgIpc) is 3.57. The Morgan fingerprint density at radius 2 is 1.18 bits per heavy atom. The van der Waals surface area contributed by atoms with Gasteiger partial charge in [0.2, 0.25) is 0 Å². The zero-order valence-corrected chi connectivity index (χ0v) is 21.8. The summed E-state index contributed by atoms with van der Waals surface area (Å²) in [4.78, 5) is 15.7. The molecule has 3 heterocycles. The molecule has 0 spiro atoms. The lowest BCUT2D eigenvalue weighted by Gasteiger charge is -2.11. The van der Waals surface area contributed by atoms with Crippen LogP contribution in [0.15, 0.2) is 139 Å². The minimum absolute atomic E-state index is 0.738. The molecule has 0 aliphatic rings. The molecular formula is C35H23N3S. The lowest BCUT2D eigenvalue weighted by Crippen LogP contribution is -1.95. The maximum atomic E-state index is 5.02. The van der Waals surface area contributed by atoms with Crippen LogP contribution >= 0.6 is 11.3 Å². The largest absolute Gasteiger partial charge is 0.256 e.